The van der Waals surface area contributed by atoms with Crippen molar-refractivity contribution in [3.8, 4) is 39.5 Å². The fourth-order valence-electron chi connectivity index (χ4n) is 8.47. The number of furan rings is 1. The van der Waals surface area contributed by atoms with E-state index < -0.39 is 0 Å². The SMILES string of the molecule is c1ccc(-c2nc(-c3ccc(-n4c5ccc(-c6cccc7c6sc6ccccc67)cc5c5ccc6c7ccccc7oc6c54)cc3)nc3ccccc23)cc1. The van der Waals surface area contributed by atoms with Gasteiger partial charge in [0.2, 0.25) is 0 Å². The zero-order valence-corrected chi connectivity index (χ0v) is 30.2. The molecule has 55 heavy (non-hydrogen) atoms. The van der Waals surface area contributed by atoms with E-state index in [1.165, 1.54) is 36.7 Å². The number of hydrogen-bond acceptors (Lipinski definition) is 4. The van der Waals surface area contributed by atoms with Gasteiger partial charge in [0.25, 0.3) is 0 Å². The molecule has 0 N–H and O–H groups in total. The second kappa shape index (κ2) is 11.7. The molecule has 4 nitrogen and oxygen atoms in total. The van der Waals surface area contributed by atoms with Crippen LogP contribution in [0.2, 0.25) is 0 Å². The van der Waals surface area contributed by atoms with Crippen LogP contribution in [0.25, 0.3) is 114 Å². The predicted octanol–water partition coefficient (Wildman–Crippen LogP) is 14.0. The first-order chi connectivity index (χ1) is 27.3. The van der Waals surface area contributed by atoms with Crippen molar-refractivity contribution in [2.75, 3.05) is 0 Å². The normalized spacial score (nSPS) is 12.0. The van der Waals surface area contributed by atoms with Crippen molar-refractivity contribution < 1.29 is 4.42 Å². The van der Waals surface area contributed by atoms with Crippen molar-refractivity contribution in [1.29, 1.82) is 0 Å². The fraction of sp³-hybridized carbons (Fsp3) is 0. The van der Waals surface area contributed by atoms with Crippen LogP contribution >= 0.6 is 11.3 Å². The third-order valence-corrected chi connectivity index (χ3v) is 12.2. The van der Waals surface area contributed by atoms with E-state index in [4.69, 9.17) is 14.4 Å². The summed E-state index contributed by atoms with van der Waals surface area (Å²) in [5, 5.41) is 8.21. The highest BCUT2D eigenvalue weighted by atomic mass is 32.1. The summed E-state index contributed by atoms with van der Waals surface area (Å²) in [6, 6.07) is 62.4. The van der Waals surface area contributed by atoms with Gasteiger partial charge in [-0.1, -0.05) is 115 Å². The summed E-state index contributed by atoms with van der Waals surface area (Å²) >= 11 is 1.87. The van der Waals surface area contributed by atoms with Gasteiger partial charge >= 0.3 is 0 Å². The standard InChI is InChI=1S/C50H29N3OS/c1-2-11-30(12-3-1)46-40-15-4-7-18-42(40)51-50(52-46)31-21-24-33(25-22-31)53-43-28-23-32(34-16-10-17-39-36-14-6-9-20-45(36)55-49(34)39)29-41(43)37-26-27-38-35-13-5-8-19-44(35)54-48(38)47(37)53/h1-29H. The Bertz CT molecular complexity index is 3480. The number of rotatable bonds is 4. The van der Waals surface area contributed by atoms with Gasteiger partial charge in [-0.3, -0.25) is 0 Å². The van der Waals surface area contributed by atoms with Gasteiger partial charge < -0.3 is 8.98 Å². The topological polar surface area (TPSA) is 43.9 Å². The molecule has 0 spiro atoms. The minimum atomic E-state index is 0.700. The molecule has 0 saturated heterocycles. The lowest BCUT2D eigenvalue weighted by atomic mass is 10.0. The summed E-state index contributed by atoms with van der Waals surface area (Å²) < 4.78 is 11.7. The molecule has 0 fully saturated rings. The number of hydrogen-bond donors (Lipinski definition) is 0. The van der Waals surface area contributed by atoms with E-state index >= 15 is 0 Å². The van der Waals surface area contributed by atoms with Gasteiger partial charge in [0, 0.05) is 63.9 Å². The van der Waals surface area contributed by atoms with E-state index in [1.807, 2.05) is 35.6 Å². The number of fused-ring (bicyclic) bond motifs is 11. The highest BCUT2D eigenvalue weighted by Crippen LogP contribution is 2.44. The molecule has 0 aliphatic heterocycles. The van der Waals surface area contributed by atoms with Gasteiger partial charge in [0.05, 0.1) is 22.2 Å². The van der Waals surface area contributed by atoms with Crippen molar-refractivity contribution in [1.82, 2.24) is 14.5 Å². The van der Waals surface area contributed by atoms with Crippen LogP contribution in [-0.4, -0.2) is 14.5 Å². The lowest BCUT2D eigenvalue weighted by Crippen LogP contribution is -1.97. The second-order valence-corrected chi connectivity index (χ2v) is 15.2. The van der Waals surface area contributed by atoms with E-state index in [2.05, 4.69) is 156 Å². The molecule has 0 unspecified atom stereocenters. The number of aromatic nitrogens is 3. The maximum atomic E-state index is 6.71. The van der Waals surface area contributed by atoms with E-state index in [0.29, 0.717) is 5.82 Å². The van der Waals surface area contributed by atoms with Crippen molar-refractivity contribution >= 4 is 86.2 Å². The first-order valence-electron chi connectivity index (χ1n) is 18.5. The molecule has 0 saturated carbocycles. The maximum absolute atomic E-state index is 6.71. The molecule has 8 aromatic carbocycles. The molecule has 0 radical (unpaired) electrons. The minimum absolute atomic E-state index is 0.700. The Morgan fingerprint density at radius 2 is 1.20 bits per heavy atom. The summed E-state index contributed by atoms with van der Waals surface area (Å²) in [6.45, 7) is 0. The van der Waals surface area contributed by atoms with Gasteiger partial charge in [0.15, 0.2) is 11.4 Å². The molecule has 0 aliphatic rings. The van der Waals surface area contributed by atoms with Crippen molar-refractivity contribution in [2.45, 2.75) is 0 Å². The van der Waals surface area contributed by atoms with Crippen LogP contribution in [0.1, 0.15) is 0 Å². The molecular formula is C50H29N3OS. The Morgan fingerprint density at radius 3 is 2.09 bits per heavy atom. The van der Waals surface area contributed by atoms with Crippen LogP contribution in [0.15, 0.2) is 180 Å². The van der Waals surface area contributed by atoms with Crippen LogP contribution in [0, 0.1) is 0 Å². The molecular weight excluding hydrogens is 691 g/mol. The Morgan fingerprint density at radius 1 is 0.473 bits per heavy atom. The van der Waals surface area contributed by atoms with E-state index in [0.717, 1.165) is 71.8 Å². The molecule has 256 valence electrons. The Labute approximate surface area is 319 Å². The van der Waals surface area contributed by atoms with Crippen LogP contribution in [-0.2, 0) is 0 Å². The average Bonchev–Trinajstić information content (AvgIpc) is 3.93. The largest absolute Gasteiger partial charge is 0.454 e. The second-order valence-electron chi connectivity index (χ2n) is 14.1. The maximum Gasteiger partial charge on any atom is 0.160 e. The fourth-order valence-corrected chi connectivity index (χ4v) is 9.71. The molecule has 0 aliphatic carbocycles. The Kier molecular flexibility index (Phi) is 6.47. The molecule has 0 atom stereocenters. The van der Waals surface area contributed by atoms with E-state index in [9.17, 15) is 0 Å². The summed E-state index contributed by atoms with van der Waals surface area (Å²) in [7, 11) is 0. The summed E-state index contributed by atoms with van der Waals surface area (Å²) in [4.78, 5) is 10.2. The van der Waals surface area contributed by atoms with E-state index in [-0.39, 0.29) is 0 Å². The van der Waals surface area contributed by atoms with Gasteiger partial charge in [-0.2, -0.15) is 0 Å². The summed E-state index contributed by atoms with van der Waals surface area (Å²) in [6.07, 6.45) is 0. The monoisotopic (exact) mass is 719 g/mol. The number of nitrogens with zero attached hydrogens (tertiary/aromatic N) is 3. The van der Waals surface area contributed by atoms with Gasteiger partial charge in [-0.15, -0.1) is 11.3 Å². The quantitative estimate of drug-likeness (QED) is 0.182. The molecule has 4 aromatic heterocycles. The average molecular weight is 720 g/mol. The van der Waals surface area contributed by atoms with Gasteiger partial charge in [0.1, 0.15) is 5.58 Å². The zero-order chi connectivity index (χ0) is 36.0. The Hall–Kier alpha value is -7.08. The highest BCUT2D eigenvalue weighted by Gasteiger charge is 2.21. The van der Waals surface area contributed by atoms with Crippen LogP contribution in [0.3, 0.4) is 0 Å². The number of para-hydroxylation sites is 2. The smallest absolute Gasteiger partial charge is 0.160 e. The highest BCUT2D eigenvalue weighted by molar-refractivity contribution is 7.26. The lowest BCUT2D eigenvalue weighted by molar-refractivity contribution is 0.671. The molecule has 12 aromatic rings. The Balaban J connectivity index is 1.07. The molecule has 5 heteroatoms. The third kappa shape index (κ3) is 4.57. The summed E-state index contributed by atoms with van der Waals surface area (Å²) in [5.74, 6) is 0.700. The predicted molar refractivity (Wildman–Crippen MR) is 230 cm³/mol. The number of benzene rings is 8. The van der Waals surface area contributed by atoms with Crippen molar-refractivity contribution in [2.24, 2.45) is 0 Å². The van der Waals surface area contributed by atoms with Crippen molar-refractivity contribution in [3.05, 3.63) is 176 Å². The number of thiophene rings is 1. The molecule has 0 amide bonds. The lowest BCUT2D eigenvalue weighted by Gasteiger charge is -2.11. The molecule has 4 heterocycles. The van der Waals surface area contributed by atoms with E-state index in [1.54, 1.807) is 0 Å². The van der Waals surface area contributed by atoms with Crippen LogP contribution < -0.4 is 0 Å². The van der Waals surface area contributed by atoms with Crippen LogP contribution in [0.5, 0.6) is 0 Å². The third-order valence-electron chi connectivity index (χ3n) is 11.0. The van der Waals surface area contributed by atoms with Crippen molar-refractivity contribution in [3.63, 3.8) is 0 Å². The molecule has 0 bridgehead atoms. The molecule has 12 rings (SSSR count). The van der Waals surface area contributed by atoms with Crippen LogP contribution in [0.4, 0.5) is 0 Å². The minimum Gasteiger partial charge on any atom is -0.454 e. The van der Waals surface area contributed by atoms with Gasteiger partial charge in [-0.05, 0) is 71.8 Å². The first-order valence-corrected chi connectivity index (χ1v) is 19.3. The van der Waals surface area contributed by atoms with Gasteiger partial charge in [-0.25, -0.2) is 9.97 Å². The zero-order valence-electron chi connectivity index (χ0n) is 29.4. The first kappa shape index (κ1) is 30.4. The summed E-state index contributed by atoms with van der Waals surface area (Å²) in [5.41, 5.74) is 11.3.